The van der Waals surface area contributed by atoms with Crippen molar-refractivity contribution in [3.8, 4) is 11.5 Å². The summed E-state index contributed by atoms with van der Waals surface area (Å²) in [7, 11) is 0. The lowest BCUT2D eigenvalue weighted by molar-refractivity contribution is -0.247. The zero-order chi connectivity index (χ0) is 42.3. The highest BCUT2D eigenvalue weighted by Crippen LogP contribution is 2.76. The normalized spacial score (nSPS) is 49.3. The van der Waals surface area contributed by atoms with Gasteiger partial charge in [-0.1, -0.05) is 46.3 Å². The largest absolute Gasteiger partial charge is 0.508 e. The van der Waals surface area contributed by atoms with Crippen LogP contribution in [0.25, 0.3) is 0 Å². The number of hydrogen-bond acceptors (Lipinski definition) is 12. The monoisotopic (exact) mass is 821 g/mol. The molecule has 1 aromatic rings. The number of ketones is 1. The Kier molecular flexibility index (Phi) is 9.81. The first-order valence-electron chi connectivity index (χ1n) is 22.4. The van der Waals surface area contributed by atoms with E-state index in [0.29, 0.717) is 61.8 Å². The number of aliphatic hydroxyl groups is 6. The number of aliphatic hydroxyl groups excluding tert-OH is 3. The number of benzene rings is 1. The van der Waals surface area contributed by atoms with Gasteiger partial charge in [0.15, 0.2) is 5.78 Å². The highest BCUT2D eigenvalue weighted by Gasteiger charge is 2.82. The minimum Gasteiger partial charge on any atom is -0.508 e. The fourth-order valence-corrected chi connectivity index (χ4v) is 15.6. The van der Waals surface area contributed by atoms with Gasteiger partial charge in [0.2, 0.25) is 0 Å². The quantitative estimate of drug-likeness (QED) is 0.130. The van der Waals surface area contributed by atoms with Crippen molar-refractivity contribution in [2.24, 2.45) is 45.8 Å². The summed E-state index contributed by atoms with van der Waals surface area (Å²) in [6, 6.07) is 2.85. The molecule has 326 valence electrons. The summed E-state index contributed by atoms with van der Waals surface area (Å²) >= 11 is 0. The first-order chi connectivity index (χ1) is 27.8. The molecular weight excluding hydrogens is 755 g/mol. The van der Waals surface area contributed by atoms with E-state index < -0.39 is 69.3 Å². The number of phenols is 2. The van der Waals surface area contributed by atoms with Gasteiger partial charge in [-0.15, -0.1) is 0 Å². The maximum absolute atomic E-state index is 15.1. The van der Waals surface area contributed by atoms with Gasteiger partial charge in [0.25, 0.3) is 0 Å². The summed E-state index contributed by atoms with van der Waals surface area (Å²) in [5.41, 5.74) is -5.63. The van der Waals surface area contributed by atoms with Crippen LogP contribution in [0.3, 0.4) is 0 Å². The van der Waals surface area contributed by atoms with E-state index in [0.717, 1.165) is 18.5 Å². The Labute approximate surface area is 347 Å². The third-order valence-corrected chi connectivity index (χ3v) is 18.5. The van der Waals surface area contributed by atoms with E-state index >= 15 is 4.79 Å². The summed E-state index contributed by atoms with van der Waals surface area (Å²) in [4.78, 5) is 15.1. The highest BCUT2D eigenvalue weighted by atomic mass is 16.6. The van der Waals surface area contributed by atoms with Crippen LogP contribution in [-0.4, -0.2) is 120 Å². The van der Waals surface area contributed by atoms with E-state index in [4.69, 9.17) is 9.47 Å². The minimum atomic E-state index is -1.73. The molecule has 1 heterocycles. The zero-order valence-electron chi connectivity index (χ0n) is 35.4. The average Bonchev–Trinajstić information content (AvgIpc) is 3.52. The molecule has 12 heteroatoms. The molecule has 8 aliphatic carbocycles. The molecule has 59 heavy (non-hydrogen) atoms. The van der Waals surface area contributed by atoms with Gasteiger partial charge >= 0.3 is 0 Å². The van der Waals surface area contributed by atoms with Gasteiger partial charge in [-0.05, 0) is 109 Å². The molecular formula is C47H67NO11. The van der Waals surface area contributed by atoms with Crippen molar-refractivity contribution in [2.45, 2.75) is 145 Å². The summed E-state index contributed by atoms with van der Waals surface area (Å²) in [5.74, 6) is -3.68. The number of nitrogens with one attached hydrogen (secondary N) is 1. The number of phenolic OH excluding ortho intramolecular Hbond substituents is 2. The molecule has 1 aromatic carbocycles. The second-order valence-corrected chi connectivity index (χ2v) is 20.9. The maximum Gasteiger partial charge on any atom is 0.160 e. The third-order valence-electron chi connectivity index (χ3n) is 18.5. The Morgan fingerprint density at radius 1 is 0.966 bits per heavy atom. The number of carbonyl (C=O) groups excluding carboxylic acids is 1. The molecule has 9 aliphatic rings. The van der Waals surface area contributed by atoms with E-state index in [9.17, 15) is 40.9 Å². The summed E-state index contributed by atoms with van der Waals surface area (Å²) in [5, 5.41) is 98.3. The zero-order valence-corrected chi connectivity index (χ0v) is 35.4. The lowest BCUT2D eigenvalue weighted by atomic mass is 9.41. The first kappa shape index (κ1) is 41.9. The van der Waals surface area contributed by atoms with Gasteiger partial charge in [0, 0.05) is 74.4 Å². The van der Waals surface area contributed by atoms with Crippen LogP contribution in [-0.2, 0) is 20.7 Å². The number of ether oxygens (including phenoxy) is 2. The third kappa shape index (κ3) is 5.24. The molecule has 0 amide bonds. The molecule has 4 saturated carbocycles. The van der Waals surface area contributed by atoms with Crippen molar-refractivity contribution < 1.29 is 55.1 Å². The van der Waals surface area contributed by atoms with Crippen molar-refractivity contribution in [2.75, 3.05) is 32.9 Å². The van der Waals surface area contributed by atoms with Gasteiger partial charge < -0.3 is 55.6 Å². The van der Waals surface area contributed by atoms with Crippen molar-refractivity contribution in [3.63, 3.8) is 0 Å². The van der Waals surface area contributed by atoms with Crippen molar-refractivity contribution in [1.29, 1.82) is 0 Å². The number of carbonyl (C=O) groups is 1. The molecule has 0 aromatic heterocycles. The van der Waals surface area contributed by atoms with E-state index in [-0.39, 0.29) is 79.5 Å². The molecule has 1 spiro atoms. The molecule has 0 radical (unpaired) electrons. The Morgan fingerprint density at radius 3 is 2.42 bits per heavy atom. The van der Waals surface area contributed by atoms with E-state index in [1.165, 1.54) is 6.07 Å². The Morgan fingerprint density at radius 2 is 1.71 bits per heavy atom. The minimum absolute atomic E-state index is 0.0429. The highest BCUT2D eigenvalue weighted by molar-refractivity contribution is 5.96. The molecule has 12 nitrogen and oxygen atoms in total. The summed E-state index contributed by atoms with van der Waals surface area (Å²) in [6.45, 7) is 11.4. The van der Waals surface area contributed by atoms with Crippen LogP contribution in [0.15, 0.2) is 35.4 Å². The van der Waals surface area contributed by atoms with E-state index in [1.807, 2.05) is 13.8 Å². The molecule has 16 atom stereocenters. The molecule has 1 aliphatic heterocycles. The predicted molar refractivity (Wildman–Crippen MR) is 217 cm³/mol. The number of hydrogen-bond donors (Lipinski definition) is 9. The molecule has 2 bridgehead atoms. The number of aromatic hydroxyl groups is 2. The van der Waals surface area contributed by atoms with Crippen molar-refractivity contribution >= 4 is 5.78 Å². The number of likely N-dealkylation sites (N-methyl/N-ethyl adjacent to an activating group) is 1. The topological polar surface area (TPSA) is 209 Å². The van der Waals surface area contributed by atoms with Crippen LogP contribution in [0.1, 0.15) is 109 Å². The van der Waals surface area contributed by atoms with Crippen LogP contribution in [0.2, 0.25) is 0 Å². The Balaban J connectivity index is 1.15. The van der Waals surface area contributed by atoms with Gasteiger partial charge in [0.05, 0.1) is 29.5 Å². The van der Waals surface area contributed by atoms with E-state index in [1.54, 1.807) is 12.1 Å². The fourth-order valence-electron chi connectivity index (χ4n) is 15.6. The van der Waals surface area contributed by atoms with Gasteiger partial charge in [-0.2, -0.15) is 0 Å². The van der Waals surface area contributed by atoms with Crippen LogP contribution >= 0.6 is 0 Å². The van der Waals surface area contributed by atoms with Gasteiger partial charge in [-0.25, -0.2) is 0 Å². The maximum atomic E-state index is 15.1. The van der Waals surface area contributed by atoms with Crippen LogP contribution in [0.5, 0.6) is 11.5 Å². The second kappa shape index (κ2) is 13.8. The summed E-state index contributed by atoms with van der Waals surface area (Å²) < 4.78 is 13.8. The molecule has 10 rings (SSSR count). The van der Waals surface area contributed by atoms with Gasteiger partial charge in [-0.3, -0.25) is 4.79 Å². The molecule has 16 unspecified atom stereocenters. The Bertz CT molecular complexity index is 1950. The van der Waals surface area contributed by atoms with E-state index in [2.05, 4.69) is 32.2 Å². The standard InChI is InChI=1S/C47H67NO11/c1-6-48-24-26-21-41(3)11-9-30(26)47(40(54)25(41)2)45(56,14-16-50)39-35(59-47)22-46(57)32-20-34(53)38-37-29-18-27(51)19-33(52)28(29)8-13-44(37,55)36(58-17-7-15-49)23-42(38,4)31(32)10-12-43(39,46)5/h18-21,25,30-31,35-40,48-52,54-57H,6-17,22-24H2,1-5H3. The van der Waals surface area contributed by atoms with Crippen molar-refractivity contribution in [3.05, 3.63) is 46.6 Å². The van der Waals surface area contributed by atoms with Crippen LogP contribution in [0, 0.1) is 45.8 Å². The van der Waals surface area contributed by atoms with Crippen LogP contribution in [0.4, 0.5) is 0 Å². The van der Waals surface area contributed by atoms with Gasteiger partial charge in [0.1, 0.15) is 22.7 Å². The number of fused-ring (bicyclic) bond motifs is 13. The lowest BCUT2D eigenvalue weighted by Crippen LogP contribution is -2.70. The Hall–Kier alpha value is -2.39. The second-order valence-electron chi connectivity index (χ2n) is 20.9. The first-order valence-corrected chi connectivity index (χ1v) is 22.4. The van der Waals surface area contributed by atoms with Crippen molar-refractivity contribution in [1.82, 2.24) is 5.32 Å². The average molecular weight is 822 g/mol. The summed E-state index contributed by atoms with van der Waals surface area (Å²) in [6.07, 6.45) is 5.25. The smallest absolute Gasteiger partial charge is 0.160 e. The predicted octanol–water partition coefficient (Wildman–Crippen LogP) is 3.54. The molecule has 9 N–H and O–H groups in total. The number of rotatable bonds is 9. The molecule has 1 saturated heterocycles. The molecule has 5 fully saturated rings. The number of allylic oxidation sites excluding steroid dienone is 2. The fraction of sp³-hybridized carbons (Fsp3) is 0.766. The van der Waals surface area contributed by atoms with Crippen LogP contribution < -0.4 is 5.32 Å². The SMILES string of the molecule is CCNCC1=CC2(C)CCC1C1(OC3CC4(O)C5=CC(=O)C6C7c8cc(O)cc(O)c8CCC7(O)C(OCCCO)CC6(C)C5CCC4(C)C3C1(O)CCO)C(O)C2C. The lowest BCUT2D eigenvalue weighted by Gasteiger charge is -2.65.